The molecule has 0 aliphatic heterocycles. The molecule has 1 atom stereocenters. The number of carbonyl (C=O) groups is 1. The monoisotopic (exact) mass is 227 g/mol. The maximum atomic E-state index is 10.6. The van der Waals surface area contributed by atoms with Gasteiger partial charge in [0.05, 0.1) is 6.54 Å². The summed E-state index contributed by atoms with van der Waals surface area (Å²) < 4.78 is 1.70. The first-order valence-electron chi connectivity index (χ1n) is 5.36. The number of aliphatic carboxylic acids is 1. The average molecular weight is 227 g/mol. The Morgan fingerprint density at radius 3 is 3.00 bits per heavy atom. The summed E-state index contributed by atoms with van der Waals surface area (Å²) in [7, 11) is 0. The first-order chi connectivity index (χ1) is 7.65. The summed E-state index contributed by atoms with van der Waals surface area (Å²) in [5.74, 6) is -0.214. The molecule has 0 saturated carbocycles. The van der Waals surface area contributed by atoms with Crippen molar-refractivity contribution < 1.29 is 9.90 Å². The van der Waals surface area contributed by atoms with E-state index in [1.807, 2.05) is 0 Å². The minimum absolute atomic E-state index is 0.365. The predicted molar refractivity (Wildman–Crippen MR) is 56.7 cm³/mol. The SMILES string of the molecule is CCCCn1nnnc1CN[C@@H](C)C(=O)O. The summed E-state index contributed by atoms with van der Waals surface area (Å²) in [4.78, 5) is 10.6. The van der Waals surface area contributed by atoms with Gasteiger partial charge < -0.3 is 5.11 Å². The van der Waals surface area contributed by atoms with Crippen LogP contribution in [0.2, 0.25) is 0 Å². The quantitative estimate of drug-likeness (QED) is 0.683. The lowest BCUT2D eigenvalue weighted by Crippen LogP contribution is -2.34. The van der Waals surface area contributed by atoms with Gasteiger partial charge in [-0.25, -0.2) is 4.68 Å². The normalized spacial score (nSPS) is 12.6. The molecule has 0 bridgehead atoms. The molecular weight excluding hydrogens is 210 g/mol. The van der Waals surface area contributed by atoms with Crippen LogP contribution >= 0.6 is 0 Å². The maximum absolute atomic E-state index is 10.6. The molecule has 0 amide bonds. The van der Waals surface area contributed by atoms with E-state index in [9.17, 15) is 4.79 Å². The summed E-state index contributed by atoms with van der Waals surface area (Å²) in [5, 5.41) is 22.8. The van der Waals surface area contributed by atoms with Gasteiger partial charge >= 0.3 is 5.97 Å². The Hall–Kier alpha value is -1.50. The third-order valence-electron chi connectivity index (χ3n) is 2.27. The molecule has 0 aliphatic rings. The molecule has 7 nitrogen and oxygen atoms in total. The summed E-state index contributed by atoms with van der Waals surface area (Å²) >= 11 is 0. The van der Waals surface area contributed by atoms with Crippen LogP contribution in [-0.4, -0.2) is 37.3 Å². The van der Waals surface area contributed by atoms with Crippen molar-refractivity contribution >= 4 is 5.97 Å². The Morgan fingerprint density at radius 1 is 1.62 bits per heavy atom. The van der Waals surface area contributed by atoms with E-state index in [1.54, 1.807) is 11.6 Å². The molecule has 90 valence electrons. The fourth-order valence-corrected chi connectivity index (χ4v) is 1.16. The number of aromatic nitrogens is 4. The second-order valence-electron chi connectivity index (χ2n) is 3.61. The van der Waals surface area contributed by atoms with Gasteiger partial charge in [-0.2, -0.15) is 0 Å². The van der Waals surface area contributed by atoms with Gasteiger partial charge in [0.2, 0.25) is 0 Å². The molecule has 0 fully saturated rings. The Balaban J connectivity index is 2.47. The van der Waals surface area contributed by atoms with Gasteiger partial charge in [0, 0.05) is 6.54 Å². The maximum Gasteiger partial charge on any atom is 0.320 e. The molecule has 1 rings (SSSR count). The van der Waals surface area contributed by atoms with Crippen molar-refractivity contribution in [1.82, 2.24) is 25.5 Å². The summed E-state index contributed by atoms with van der Waals surface area (Å²) in [5.41, 5.74) is 0. The lowest BCUT2D eigenvalue weighted by Gasteiger charge is -2.08. The molecule has 1 aromatic heterocycles. The highest BCUT2D eigenvalue weighted by Gasteiger charge is 2.12. The number of nitrogens with zero attached hydrogens (tertiary/aromatic N) is 4. The number of tetrazole rings is 1. The van der Waals surface area contributed by atoms with Crippen LogP contribution in [0.3, 0.4) is 0 Å². The first kappa shape index (κ1) is 12.6. The topological polar surface area (TPSA) is 92.9 Å². The Bertz CT molecular complexity index is 338. The van der Waals surface area contributed by atoms with E-state index in [2.05, 4.69) is 27.8 Å². The van der Waals surface area contributed by atoms with Crippen LogP contribution in [0, 0.1) is 0 Å². The van der Waals surface area contributed by atoms with Gasteiger partial charge in [0.15, 0.2) is 5.82 Å². The van der Waals surface area contributed by atoms with Crippen LogP contribution < -0.4 is 5.32 Å². The largest absolute Gasteiger partial charge is 0.480 e. The van der Waals surface area contributed by atoms with Crippen LogP contribution in [0.1, 0.15) is 32.5 Å². The molecule has 0 aromatic carbocycles. The Labute approximate surface area is 93.8 Å². The number of hydrogen-bond acceptors (Lipinski definition) is 5. The number of rotatable bonds is 7. The lowest BCUT2D eigenvalue weighted by atomic mass is 10.3. The minimum atomic E-state index is -0.882. The van der Waals surface area contributed by atoms with E-state index in [-0.39, 0.29) is 0 Å². The fraction of sp³-hybridized carbons (Fsp3) is 0.778. The molecule has 1 aromatic rings. The van der Waals surface area contributed by atoms with E-state index >= 15 is 0 Å². The van der Waals surface area contributed by atoms with Crippen LogP contribution in [-0.2, 0) is 17.9 Å². The van der Waals surface area contributed by atoms with Gasteiger partial charge in [-0.05, 0) is 23.8 Å². The zero-order valence-corrected chi connectivity index (χ0v) is 9.55. The van der Waals surface area contributed by atoms with Gasteiger partial charge in [0.25, 0.3) is 0 Å². The van der Waals surface area contributed by atoms with E-state index in [0.29, 0.717) is 12.4 Å². The van der Waals surface area contributed by atoms with Crippen molar-refractivity contribution in [2.24, 2.45) is 0 Å². The molecule has 0 saturated heterocycles. The van der Waals surface area contributed by atoms with Gasteiger partial charge in [-0.3, -0.25) is 10.1 Å². The molecule has 2 N–H and O–H groups in total. The van der Waals surface area contributed by atoms with Crippen molar-refractivity contribution in [3.63, 3.8) is 0 Å². The predicted octanol–water partition coefficient (Wildman–Crippen LogP) is 0.0359. The van der Waals surface area contributed by atoms with E-state index < -0.39 is 12.0 Å². The Morgan fingerprint density at radius 2 is 2.38 bits per heavy atom. The molecule has 0 unspecified atom stereocenters. The second-order valence-corrected chi connectivity index (χ2v) is 3.61. The van der Waals surface area contributed by atoms with E-state index in [1.165, 1.54) is 0 Å². The highest BCUT2D eigenvalue weighted by molar-refractivity contribution is 5.72. The zero-order chi connectivity index (χ0) is 12.0. The van der Waals surface area contributed by atoms with Gasteiger partial charge in [-0.1, -0.05) is 13.3 Å². The lowest BCUT2D eigenvalue weighted by molar-refractivity contribution is -0.139. The van der Waals surface area contributed by atoms with Crippen molar-refractivity contribution in [3.8, 4) is 0 Å². The average Bonchev–Trinajstić information content (AvgIpc) is 2.70. The standard InChI is InChI=1S/C9H17N5O2/c1-3-4-5-14-8(11-12-13-14)6-10-7(2)9(15)16/h7,10H,3-6H2,1-2H3,(H,15,16)/t7-/m0/s1. The smallest absolute Gasteiger partial charge is 0.320 e. The number of nitrogens with one attached hydrogen (secondary N) is 1. The molecule has 16 heavy (non-hydrogen) atoms. The van der Waals surface area contributed by atoms with Gasteiger partial charge in [-0.15, -0.1) is 5.10 Å². The van der Waals surface area contributed by atoms with Crippen molar-refractivity contribution in [2.75, 3.05) is 0 Å². The third-order valence-corrected chi connectivity index (χ3v) is 2.27. The highest BCUT2D eigenvalue weighted by Crippen LogP contribution is 1.97. The van der Waals surface area contributed by atoms with Crippen molar-refractivity contribution in [2.45, 2.75) is 45.8 Å². The second kappa shape index (κ2) is 6.16. The molecular formula is C9H17N5O2. The zero-order valence-electron chi connectivity index (χ0n) is 9.55. The van der Waals surface area contributed by atoms with E-state index in [4.69, 9.17) is 5.11 Å². The first-order valence-corrected chi connectivity index (χ1v) is 5.36. The summed E-state index contributed by atoms with van der Waals surface area (Å²) in [6, 6.07) is -0.601. The number of unbranched alkanes of at least 4 members (excludes halogenated alkanes) is 1. The molecule has 0 spiro atoms. The van der Waals surface area contributed by atoms with E-state index in [0.717, 1.165) is 19.4 Å². The highest BCUT2D eigenvalue weighted by atomic mass is 16.4. The fourth-order valence-electron chi connectivity index (χ4n) is 1.16. The Kier molecular flexibility index (Phi) is 4.84. The number of carboxylic acids is 1. The van der Waals surface area contributed by atoms with Crippen molar-refractivity contribution in [3.05, 3.63) is 5.82 Å². The van der Waals surface area contributed by atoms with Crippen LogP contribution in [0.25, 0.3) is 0 Å². The van der Waals surface area contributed by atoms with Crippen molar-refractivity contribution in [1.29, 1.82) is 0 Å². The molecule has 0 radical (unpaired) electrons. The minimum Gasteiger partial charge on any atom is -0.480 e. The number of hydrogen-bond donors (Lipinski definition) is 2. The summed E-state index contributed by atoms with van der Waals surface area (Å²) in [6.45, 7) is 4.81. The molecule has 0 aliphatic carbocycles. The number of carboxylic acid groups (broad SMARTS) is 1. The third kappa shape index (κ3) is 3.58. The molecule has 7 heteroatoms. The van der Waals surface area contributed by atoms with Crippen LogP contribution in [0.5, 0.6) is 0 Å². The van der Waals surface area contributed by atoms with Gasteiger partial charge in [0.1, 0.15) is 6.04 Å². The van der Waals surface area contributed by atoms with Crippen LogP contribution in [0.15, 0.2) is 0 Å². The number of aryl methyl sites for hydroxylation is 1. The van der Waals surface area contributed by atoms with Crippen LogP contribution in [0.4, 0.5) is 0 Å². The summed E-state index contributed by atoms with van der Waals surface area (Å²) in [6.07, 6.45) is 2.07. The molecule has 1 heterocycles.